The standard InChI is InChI=1S/C12H14BrF2NO4S/c1-7(12(17)20-3)6-16(2)21(18,19)11-9(13)4-8(14)5-10(11)15/h4-5,7H,6H2,1-3H3. The molecule has 0 N–H and O–H groups in total. The zero-order valence-corrected chi connectivity index (χ0v) is 14.0. The maximum Gasteiger partial charge on any atom is 0.309 e. The quantitative estimate of drug-likeness (QED) is 0.728. The van der Waals surface area contributed by atoms with Gasteiger partial charge in [-0.05, 0) is 22.0 Å². The Morgan fingerprint density at radius 3 is 2.48 bits per heavy atom. The highest BCUT2D eigenvalue weighted by atomic mass is 79.9. The van der Waals surface area contributed by atoms with Gasteiger partial charge in [0.25, 0.3) is 0 Å². The van der Waals surface area contributed by atoms with E-state index >= 15 is 0 Å². The van der Waals surface area contributed by atoms with Crippen LogP contribution in [-0.2, 0) is 19.6 Å². The summed E-state index contributed by atoms with van der Waals surface area (Å²) in [7, 11) is -1.83. The second-order valence-electron chi connectivity index (χ2n) is 4.41. The van der Waals surface area contributed by atoms with Crippen LogP contribution in [0.5, 0.6) is 0 Å². The van der Waals surface area contributed by atoms with Crippen LogP contribution >= 0.6 is 15.9 Å². The summed E-state index contributed by atoms with van der Waals surface area (Å²) in [5.74, 6) is -3.42. The number of esters is 1. The van der Waals surface area contributed by atoms with Crippen LogP contribution in [0.15, 0.2) is 21.5 Å². The maximum absolute atomic E-state index is 13.8. The summed E-state index contributed by atoms with van der Waals surface area (Å²) in [6, 6.07) is 1.34. The number of rotatable bonds is 5. The minimum absolute atomic E-state index is 0.196. The lowest BCUT2D eigenvalue weighted by atomic mass is 10.2. The molecular weight excluding hydrogens is 372 g/mol. The van der Waals surface area contributed by atoms with E-state index in [0.717, 1.165) is 10.4 Å². The summed E-state index contributed by atoms with van der Waals surface area (Å²) in [5, 5.41) is 0. The third-order valence-electron chi connectivity index (χ3n) is 2.77. The van der Waals surface area contributed by atoms with E-state index in [9.17, 15) is 22.0 Å². The molecule has 1 rings (SSSR count). The minimum Gasteiger partial charge on any atom is -0.469 e. The number of halogens is 3. The van der Waals surface area contributed by atoms with E-state index in [-0.39, 0.29) is 11.0 Å². The second-order valence-corrected chi connectivity index (χ2v) is 7.24. The number of carbonyl (C=O) groups excluding carboxylic acids is 1. The average Bonchev–Trinajstić information content (AvgIpc) is 2.35. The molecule has 0 fully saturated rings. The monoisotopic (exact) mass is 385 g/mol. The number of methoxy groups -OCH3 is 1. The molecule has 1 atom stereocenters. The molecule has 0 aliphatic rings. The zero-order valence-electron chi connectivity index (χ0n) is 11.6. The van der Waals surface area contributed by atoms with E-state index in [1.54, 1.807) is 0 Å². The lowest BCUT2D eigenvalue weighted by molar-refractivity contribution is -0.144. The summed E-state index contributed by atoms with van der Waals surface area (Å²) in [6.07, 6.45) is 0. The van der Waals surface area contributed by atoms with Gasteiger partial charge in [0, 0.05) is 24.1 Å². The molecule has 0 amide bonds. The van der Waals surface area contributed by atoms with Gasteiger partial charge in [0.05, 0.1) is 13.0 Å². The summed E-state index contributed by atoms with van der Waals surface area (Å²) in [4.78, 5) is 10.6. The summed E-state index contributed by atoms with van der Waals surface area (Å²) in [5.41, 5.74) is 0. The van der Waals surface area contributed by atoms with Crippen LogP contribution in [0.25, 0.3) is 0 Å². The van der Waals surface area contributed by atoms with Gasteiger partial charge < -0.3 is 4.74 Å². The number of hydrogen-bond acceptors (Lipinski definition) is 4. The van der Waals surface area contributed by atoms with Gasteiger partial charge in [-0.25, -0.2) is 17.2 Å². The molecule has 118 valence electrons. The van der Waals surface area contributed by atoms with Gasteiger partial charge in [0.1, 0.15) is 16.5 Å². The van der Waals surface area contributed by atoms with Crippen molar-refractivity contribution in [3.8, 4) is 0 Å². The summed E-state index contributed by atoms with van der Waals surface area (Å²) in [6.45, 7) is 1.28. The molecule has 0 bridgehead atoms. The molecular formula is C12H14BrF2NO4S. The van der Waals surface area contributed by atoms with Crippen molar-refractivity contribution in [2.24, 2.45) is 5.92 Å². The first-order chi connectivity index (χ1) is 9.61. The van der Waals surface area contributed by atoms with Crippen LogP contribution in [0, 0.1) is 17.6 Å². The van der Waals surface area contributed by atoms with Crippen LogP contribution in [0.3, 0.4) is 0 Å². The van der Waals surface area contributed by atoms with Crippen molar-refractivity contribution in [1.29, 1.82) is 0 Å². The number of carbonyl (C=O) groups is 1. The molecule has 0 saturated carbocycles. The van der Waals surface area contributed by atoms with Crippen LogP contribution in [-0.4, -0.2) is 39.4 Å². The molecule has 0 aliphatic carbocycles. The molecule has 1 aromatic carbocycles. The van der Waals surface area contributed by atoms with Gasteiger partial charge >= 0.3 is 5.97 Å². The molecule has 0 aromatic heterocycles. The van der Waals surface area contributed by atoms with Crippen LogP contribution < -0.4 is 0 Å². The Kier molecular flexibility index (Phi) is 5.83. The first-order valence-electron chi connectivity index (χ1n) is 5.80. The first kappa shape index (κ1) is 18.0. The molecule has 1 aromatic rings. The SMILES string of the molecule is COC(=O)C(C)CN(C)S(=O)(=O)c1c(F)cc(F)cc1Br. The van der Waals surface area contributed by atoms with Gasteiger partial charge in [-0.3, -0.25) is 4.79 Å². The maximum atomic E-state index is 13.8. The van der Waals surface area contributed by atoms with Crippen molar-refractivity contribution in [3.05, 3.63) is 28.2 Å². The molecule has 0 spiro atoms. The zero-order chi connectivity index (χ0) is 16.4. The number of hydrogen-bond donors (Lipinski definition) is 0. The number of nitrogens with zero attached hydrogens (tertiary/aromatic N) is 1. The van der Waals surface area contributed by atoms with Crippen molar-refractivity contribution in [2.45, 2.75) is 11.8 Å². The highest BCUT2D eigenvalue weighted by Gasteiger charge is 2.30. The Labute approximate surface area is 130 Å². The molecule has 0 radical (unpaired) electrons. The predicted octanol–water partition coefficient (Wildman–Crippen LogP) is 2.16. The smallest absolute Gasteiger partial charge is 0.309 e. The second kappa shape index (κ2) is 6.80. The first-order valence-corrected chi connectivity index (χ1v) is 8.03. The lowest BCUT2D eigenvalue weighted by Gasteiger charge is -2.21. The number of benzene rings is 1. The Balaban J connectivity index is 3.15. The highest BCUT2D eigenvalue weighted by molar-refractivity contribution is 9.10. The van der Waals surface area contributed by atoms with Crippen molar-refractivity contribution >= 4 is 31.9 Å². The fourth-order valence-electron chi connectivity index (χ4n) is 1.69. The van der Waals surface area contributed by atoms with Crippen LogP contribution in [0.2, 0.25) is 0 Å². The van der Waals surface area contributed by atoms with Gasteiger partial charge in [-0.15, -0.1) is 0 Å². The lowest BCUT2D eigenvalue weighted by Crippen LogP contribution is -2.34. The Morgan fingerprint density at radius 2 is 2.00 bits per heavy atom. The summed E-state index contributed by atoms with van der Waals surface area (Å²) >= 11 is 2.83. The van der Waals surface area contributed by atoms with Gasteiger partial charge in [0.2, 0.25) is 10.0 Å². The Morgan fingerprint density at radius 1 is 1.43 bits per heavy atom. The molecule has 5 nitrogen and oxygen atoms in total. The molecule has 21 heavy (non-hydrogen) atoms. The molecule has 0 aliphatic heterocycles. The van der Waals surface area contributed by atoms with Gasteiger partial charge in [-0.1, -0.05) is 6.92 Å². The average molecular weight is 386 g/mol. The van der Waals surface area contributed by atoms with E-state index in [1.807, 2.05) is 0 Å². The van der Waals surface area contributed by atoms with Crippen molar-refractivity contribution in [2.75, 3.05) is 20.7 Å². The van der Waals surface area contributed by atoms with E-state index in [4.69, 9.17) is 0 Å². The predicted molar refractivity (Wildman–Crippen MR) is 75.1 cm³/mol. The van der Waals surface area contributed by atoms with E-state index in [1.165, 1.54) is 21.1 Å². The fraction of sp³-hybridized carbons (Fsp3) is 0.417. The van der Waals surface area contributed by atoms with Crippen LogP contribution in [0.1, 0.15) is 6.92 Å². The Hall–Kier alpha value is -1.06. The van der Waals surface area contributed by atoms with Crippen molar-refractivity contribution in [1.82, 2.24) is 4.31 Å². The molecule has 1 unspecified atom stereocenters. The fourth-order valence-corrected chi connectivity index (χ4v) is 4.05. The molecule has 0 heterocycles. The van der Waals surface area contributed by atoms with E-state index < -0.39 is 38.4 Å². The number of ether oxygens (including phenoxy) is 1. The third-order valence-corrected chi connectivity index (χ3v) is 5.55. The van der Waals surface area contributed by atoms with Crippen LogP contribution in [0.4, 0.5) is 8.78 Å². The van der Waals surface area contributed by atoms with Crippen molar-refractivity contribution < 1.29 is 26.7 Å². The summed E-state index contributed by atoms with van der Waals surface area (Å²) < 4.78 is 56.5. The normalized spacial score (nSPS) is 13.3. The Bertz CT molecular complexity index is 628. The van der Waals surface area contributed by atoms with Gasteiger partial charge in [-0.2, -0.15) is 4.31 Å². The van der Waals surface area contributed by atoms with E-state index in [0.29, 0.717) is 6.07 Å². The largest absolute Gasteiger partial charge is 0.469 e. The van der Waals surface area contributed by atoms with Crippen molar-refractivity contribution in [3.63, 3.8) is 0 Å². The van der Waals surface area contributed by atoms with Gasteiger partial charge in [0.15, 0.2) is 0 Å². The van der Waals surface area contributed by atoms with E-state index in [2.05, 4.69) is 20.7 Å². The molecule has 9 heteroatoms. The highest BCUT2D eigenvalue weighted by Crippen LogP contribution is 2.28. The minimum atomic E-state index is -4.22. The number of sulfonamides is 1. The molecule has 0 saturated heterocycles. The third kappa shape index (κ3) is 3.98. The topological polar surface area (TPSA) is 63.7 Å².